The lowest BCUT2D eigenvalue weighted by atomic mass is 10.4. The van der Waals surface area contributed by atoms with E-state index in [1.807, 2.05) is 0 Å². The van der Waals surface area contributed by atoms with Crippen LogP contribution in [0.15, 0.2) is 0 Å². The van der Waals surface area contributed by atoms with E-state index in [0.29, 0.717) is 105 Å². The molecule has 0 aliphatic rings. The highest BCUT2D eigenvalue weighted by Crippen LogP contribution is 1.86. The zero-order chi connectivity index (χ0) is 22.0. The fraction of sp³-hybridized carbons (Fsp3) is 0.950. The van der Waals surface area contributed by atoms with Crippen LogP contribution in [0.5, 0.6) is 0 Å². The molecule has 0 saturated heterocycles. The first kappa shape index (κ1) is 29.1. The third kappa shape index (κ3) is 25.2. The van der Waals surface area contributed by atoms with Crippen molar-refractivity contribution in [1.29, 1.82) is 0 Å². The summed E-state index contributed by atoms with van der Waals surface area (Å²) >= 11 is 0. The molecule has 180 valence electrons. The summed E-state index contributed by atoms with van der Waals surface area (Å²) in [6, 6.07) is 0. The van der Waals surface area contributed by atoms with Gasteiger partial charge in [0, 0.05) is 26.1 Å². The summed E-state index contributed by atoms with van der Waals surface area (Å²) in [5.74, 6) is -0.0555. The zero-order valence-corrected chi connectivity index (χ0v) is 18.6. The first-order valence-corrected chi connectivity index (χ1v) is 10.8. The molecule has 0 fully saturated rings. The summed E-state index contributed by atoms with van der Waals surface area (Å²) in [6.45, 7) is 10.6. The minimum atomic E-state index is -0.0555. The zero-order valence-electron chi connectivity index (χ0n) is 18.6. The second-order valence-corrected chi connectivity index (χ2v) is 6.18. The molecule has 0 rings (SSSR count). The van der Waals surface area contributed by atoms with E-state index in [-0.39, 0.29) is 5.91 Å². The highest BCUT2D eigenvalue weighted by Gasteiger charge is 1.98. The van der Waals surface area contributed by atoms with E-state index in [1.54, 1.807) is 0 Å². The Morgan fingerprint density at radius 1 is 0.600 bits per heavy atom. The van der Waals surface area contributed by atoms with Crippen molar-refractivity contribution in [2.75, 3.05) is 106 Å². The summed E-state index contributed by atoms with van der Waals surface area (Å²) in [6.07, 6.45) is 1.37. The standard InChI is InChI=1S/C20H42N2O8/c1-2-6-24-8-10-26-12-14-28-16-18-30-19-17-29-15-13-27-11-9-25-7-5-22-20(23)3-4-21/h2-19,21H2,1H3,(H,22,23). The first-order chi connectivity index (χ1) is 14.8. The number of carbonyl (C=O) groups excluding carboxylic acids is 1. The predicted molar refractivity (Wildman–Crippen MR) is 113 cm³/mol. The molecule has 30 heavy (non-hydrogen) atoms. The number of amides is 1. The van der Waals surface area contributed by atoms with Gasteiger partial charge < -0.3 is 44.2 Å². The molecule has 0 atom stereocenters. The topological polar surface area (TPSA) is 120 Å². The SMILES string of the molecule is CCCOCCOCCOCCOCCOCCOCCOCCNC(=O)CCN. The summed E-state index contributed by atoms with van der Waals surface area (Å²) < 4.78 is 37.6. The average molecular weight is 439 g/mol. The van der Waals surface area contributed by atoms with E-state index in [4.69, 9.17) is 38.9 Å². The number of ether oxygens (including phenoxy) is 7. The molecule has 0 unspecified atom stereocenters. The van der Waals surface area contributed by atoms with Crippen LogP contribution in [-0.2, 0) is 38.0 Å². The van der Waals surface area contributed by atoms with E-state index in [0.717, 1.165) is 13.0 Å². The van der Waals surface area contributed by atoms with Gasteiger partial charge in [-0.25, -0.2) is 0 Å². The van der Waals surface area contributed by atoms with Crippen molar-refractivity contribution in [3.05, 3.63) is 0 Å². The van der Waals surface area contributed by atoms with Gasteiger partial charge >= 0.3 is 0 Å². The Morgan fingerprint density at radius 3 is 1.27 bits per heavy atom. The lowest BCUT2D eigenvalue weighted by molar-refractivity contribution is -0.121. The van der Waals surface area contributed by atoms with E-state index < -0.39 is 0 Å². The molecule has 0 aliphatic heterocycles. The van der Waals surface area contributed by atoms with Gasteiger partial charge in [-0.15, -0.1) is 0 Å². The molecule has 3 N–H and O–H groups in total. The molecule has 0 aromatic heterocycles. The highest BCUT2D eigenvalue weighted by atomic mass is 16.6. The van der Waals surface area contributed by atoms with Gasteiger partial charge in [-0.2, -0.15) is 0 Å². The van der Waals surface area contributed by atoms with Crippen LogP contribution in [0.4, 0.5) is 0 Å². The molecule has 1 amide bonds. The van der Waals surface area contributed by atoms with E-state index in [9.17, 15) is 4.79 Å². The fourth-order valence-electron chi connectivity index (χ4n) is 2.05. The maximum atomic E-state index is 11.2. The van der Waals surface area contributed by atoms with Gasteiger partial charge in [0.1, 0.15) is 0 Å². The predicted octanol–water partition coefficient (Wildman–Crippen LogP) is -0.0224. The molecule has 0 saturated carbocycles. The van der Waals surface area contributed by atoms with Gasteiger partial charge in [-0.3, -0.25) is 4.79 Å². The van der Waals surface area contributed by atoms with Gasteiger partial charge in [0.25, 0.3) is 0 Å². The number of nitrogens with one attached hydrogen (secondary N) is 1. The molecular weight excluding hydrogens is 396 g/mol. The van der Waals surface area contributed by atoms with Crippen molar-refractivity contribution >= 4 is 5.91 Å². The van der Waals surface area contributed by atoms with Gasteiger partial charge in [0.2, 0.25) is 5.91 Å². The Balaban J connectivity index is 3.03. The Morgan fingerprint density at radius 2 is 0.933 bits per heavy atom. The van der Waals surface area contributed by atoms with Gasteiger partial charge in [0.05, 0.1) is 85.9 Å². The molecular formula is C20H42N2O8. The van der Waals surface area contributed by atoms with Crippen molar-refractivity contribution < 1.29 is 38.0 Å². The Labute approximate surface area is 181 Å². The van der Waals surface area contributed by atoms with Crippen molar-refractivity contribution in [2.24, 2.45) is 5.73 Å². The fourth-order valence-corrected chi connectivity index (χ4v) is 2.05. The van der Waals surface area contributed by atoms with Gasteiger partial charge in [-0.05, 0) is 6.42 Å². The van der Waals surface area contributed by atoms with Crippen molar-refractivity contribution in [3.63, 3.8) is 0 Å². The lowest BCUT2D eigenvalue weighted by Gasteiger charge is -2.08. The number of carbonyl (C=O) groups is 1. The van der Waals surface area contributed by atoms with Crippen LogP contribution >= 0.6 is 0 Å². The van der Waals surface area contributed by atoms with Crippen LogP contribution in [0.1, 0.15) is 19.8 Å². The molecule has 10 nitrogen and oxygen atoms in total. The van der Waals surface area contributed by atoms with Gasteiger partial charge in [0.15, 0.2) is 0 Å². The highest BCUT2D eigenvalue weighted by molar-refractivity contribution is 5.75. The van der Waals surface area contributed by atoms with Crippen LogP contribution in [0.3, 0.4) is 0 Å². The summed E-state index contributed by atoms with van der Waals surface area (Å²) in [5, 5.41) is 2.71. The Bertz CT molecular complexity index is 351. The quantitative estimate of drug-likeness (QED) is 0.189. The monoisotopic (exact) mass is 438 g/mol. The second kappa shape index (κ2) is 26.2. The third-order valence-electron chi connectivity index (χ3n) is 3.52. The molecule has 0 bridgehead atoms. The largest absolute Gasteiger partial charge is 0.379 e. The van der Waals surface area contributed by atoms with Crippen LogP contribution in [0.25, 0.3) is 0 Å². The average Bonchev–Trinajstić information content (AvgIpc) is 2.74. The minimum Gasteiger partial charge on any atom is -0.379 e. The number of nitrogens with two attached hydrogens (primary N) is 1. The van der Waals surface area contributed by atoms with Crippen molar-refractivity contribution in [3.8, 4) is 0 Å². The second-order valence-electron chi connectivity index (χ2n) is 6.18. The minimum absolute atomic E-state index is 0.0555. The Hall–Kier alpha value is -0.850. The van der Waals surface area contributed by atoms with Crippen LogP contribution < -0.4 is 11.1 Å². The third-order valence-corrected chi connectivity index (χ3v) is 3.52. The van der Waals surface area contributed by atoms with E-state index in [1.165, 1.54) is 0 Å². The van der Waals surface area contributed by atoms with Crippen LogP contribution in [0, 0.1) is 0 Å². The maximum absolute atomic E-state index is 11.2. The molecule has 0 spiro atoms. The lowest BCUT2D eigenvalue weighted by Crippen LogP contribution is -2.29. The molecule has 0 aliphatic carbocycles. The summed E-state index contributed by atoms with van der Waals surface area (Å²) in [7, 11) is 0. The van der Waals surface area contributed by atoms with Crippen molar-refractivity contribution in [1.82, 2.24) is 5.32 Å². The summed E-state index contributed by atoms with van der Waals surface area (Å²) in [5.41, 5.74) is 5.28. The smallest absolute Gasteiger partial charge is 0.221 e. The van der Waals surface area contributed by atoms with Crippen molar-refractivity contribution in [2.45, 2.75) is 19.8 Å². The van der Waals surface area contributed by atoms with Gasteiger partial charge in [-0.1, -0.05) is 6.92 Å². The molecule has 0 aromatic carbocycles. The molecule has 0 radical (unpaired) electrons. The number of rotatable bonds is 25. The maximum Gasteiger partial charge on any atom is 0.221 e. The Kier molecular flexibility index (Phi) is 25.4. The van der Waals surface area contributed by atoms with Crippen LogP contribution in [-0.4, -0.2) is 111 Å². The summed E-state index contributed by atoms with van der Waals surface area (Å²) in [4.78, 5) is 11.2. The van der Waals surface area contributed by atoms with Crippen LogP contribution in [0.2, 0.25) is 0 Å². The molecule has 10 heteroatoms. The number of hydrogen-bond acceptors (Lipinski definition) is 9. The number of hydrogen-bond donors (Lipinski definition) is 2. The first-order valence-electron chi connectivity index (χ1n) is 10.8. The van der Waals surface area contributed by atoms with E-state index >= 15 is 0 Å². The van der Waals surface area contributed by atoms with E-state index in [2.05, 4.69) is 12.2 Å². The normalized spacial score (nSPS) is 11.1. The molecule has 0 heterocycles. The molecule has 0 aromatic rings.